The highest BCUT2D eigenvalue weighted by molar-refractivity contribution is 7.21. The number of likely N-dealkylation sites (tertiary alicyclic amines) is 1. The van der Waals surface area contributed by atoms with Gasteiger partial charge in [0.2, 0.25) is 5.89 Å². The molecule has 29 heavy (non-hydrogen) atoms. The first kappa shape index (κ1) is 18.3. The Kier molecular flexibility index (Phi) is 4.38. The smallest absolute Gasteiger partial charge is 0.261 e. The van der Waals surface area contributed by atoms with Gasteiger partial charge in [-0.1, -0.05) is 19.0 Å². The number of aromatic nitrogens is 2. The summed E-state index contributed by atoms with van der Waals surface area (Å²) in [5.74, 6) is 1.33. The molecule has 4 heterocycles. The van der Waals surface area contributed by atoms with E-state index in [0.29, 0.717) is 30.4 Å². The number of hydrogen-bond acceptors (Lipinski definition) is 6. The number of thiophene rings is 1. The molecule has 0 saturated carbocycles. The van der Waals surface area contributed by atoms with Crippen molar-refractivity contribution in [3.8, 4) is 0 Å². The molecule has 2 aliphatic heterocycles. The molecule has 0 bridgehead atoms. The lowest BCUT2D eigenvalue weighted by Gasteiger charge is -2.22. The summed E-state index contributed by atoms with van der Waals surface area (Å²) in [6.07, 6.45) is 2.53. The molecule has 2 aliphatic rings. The van der Waals surface area contributed by atoms with Crippen LogP contribution in [0.25, 0.3) is 10.1 Å². The fraction of sp³-hybridized carbons (Fsp3) is 0.429. The lowest BCUT2D eigenvalue weighted by molar-refractivity contribution is 0.0710. The number of carbonyl (C=O) groups is 2. The van der Waals surface area contributed by atoms with E-state index in [9.17, 15) is 9.59 Å². The molecule has 0 spiro atoms. The number of fused-ring (bicyclic) bond motifs is 3. The molecule has 2 aromatic heterocycles. The van der Waals surface area contributed by atoms with E-state index in [4.69, 9.17) is 4.52 Å². The zero-order valence-corrected chi connectivity index (χ0v) is 17.2. The maximum atomic E-state index is 13.3. The summed E-state index contributed by atoms with van der Waals surface area (Å²) in [7, 11) is 0. The van der Waals surface area contributed by atoms with Crippen molar-refractivity contribution < 1.29 is 14.1 Å². The summed E-state index contributed by atoms with van der Waals surface area (Å²) in [5.41, 5.74) is 1.69. The predicted molar refractivity (Wildman–Crippen MR) is 109 cm³/mol. The molecule has 0 radical (unpaired) electrons. The monoisotopic (exact) mass is 410 g/mol. The number of rotatable bonds is 3. The van der Waals surface area contributed by atoms with E-state index in [1.54, 1.807) is 0 Å². The Morgan fingerprint density at radius 2 is 2.24 bits per heavy atom. The number of benzene rings is 1. The summed E-state index contributed by atoms with van der Waals surface area (Å²) < 4.78 is 6.51. The van der Waals surface area contributed by atoms with Crippen molar-refractivity contribution >= 4 is 33.2 Å². The fourth-order valence-electron chi connectivity index (χ4n) is 4.14. The number of nitrogens with one attached hydrogen (secondary N) is 1. The van der Waals surface area contributed by atoms with Crippen molar-refractivity contribution in [1.82, 2.24) is 20.4 Å². The van der Waals surface area contributed by atoms with Crippen molar-refractivity contribution in [2.24, 2.45) is 0 Å². The van der Waals surface area contributed by atoms with Crippen LogP contribution >= 0.6 is 11.3 Å². The van der Waals surface area contributed by atoms with Crippen LogP contribution in [0.4, 0.5) is 0 Å². The number of hydrogen-bond donors (Lipinski definition) is 1. The first-order chi connectivity index (χ1) is 14.0. The zero-order valence-electron chi connectivity index (χ0n) is 16.4. The minimum atomic E-state index is -0.180. The van der Waals surface area contributed by atoms with Crippen LogP contribution in [0.3, 0.4) is 0 Å². The maximum absolute atomic E-state index is 13.3. The predicted octanol–water partition coefficient (Wildman–Crippen LogP) is 3.67. The largest absolute Gasteiger partial charge is 0.351 e. The van der Waals surface area contributed by atoms with E-state index >= 15 is 0 Å². The van der Waals surface area contributed by atoms with E-state index in [2.05, 4.69) is 15.5 Å². The number of nitrogens with zero attached hydrogens (tertiary/aromatic N) is 3. The van der Waals surface area contributed by atoms with Crippen LogP contribution < -0.4 is 5.32 Å². The molecule has 1 saturated heterocycles. The molecular formula is C21H22N4O3S. The first-order valence-electron chi connectivity index (χ1n) is 10.0. The van der Waals surface area contributed by atoms with Gasteiger partial charge >= 0.3 is 0 Å². The van der Waals surface area contributed by atoms with Gasteiger partial charge in [0, 0.05) is 29.3 Å². The van der Waals surface area contributed by atoms with Gasteiger partial charge in [-0.05, 0) is 48.4 Å². The Hall–Kier alpha value is -2.74. The summed E-state index contributed by atoms with van der Waals surface area (Å²) in [6, 6.07) is 5.56. The summed E-state index contributed by atoms with van der Waals surface area (Å²) in [5, 5.41) is 7.96. The Bertz CT molecular complexity index is 1120. The third-order valence-corrected chi connectivity index (χ3v) is 6.89. The second-order valence-electron chi connectivity index (χ2n) is 7.93. The van der Waals surface area contributed by atoms with E-state index in [0.717, 1.165) is 39.8 Å². The summed E-state index contributed by atoms with van der Waals surface area (Å²) in [4.78, 5) is 32.6. The number of amides is 2. The molecular weight excluding hydrogens is 388 g/mol. The second-order valence-corrected chi connectivity index (χ2v) is 8.98. The summed E-state index contributed by atoms with van der Waals surface area (Å²) in [6.45, 7) is 5.34. The van der Waals surface area contributed by atoms with E-state index in [-0.39, 0.29) is 23.8 Å². The molecule has 0 unspecified atom stereocenters. The Labute approximate surface area is 172 Å². The average Bonchev–Trinajstić information content (AvgIpc) is 3.44. The van der Waals surface area contributed by atoms with Gasteiger partial charge in [0.25, 0.3) is 11.8 Å². The Balaban J connectivity index is 1.47. The zero-order chi connectivity index (χ0) is 20.1. The van der Waals surface area contributed by atoms with Gasteiger partial charge in [0.1, 0.15) is 6.04 Å². The standard InChI is InChI=1S/C21H22N4O3S/c1-11(2)18-23-20(28-24-18)15-4-3-9-25(15)21(27)12-5-6-16-14(10-12)13-7-8-22-19(26)17(13)29-16/h5-6,10-11,15H,3-4,7-9H2,1-2H3,(H,22,26)/t15-/m0/s1. The van der Waals surface area contributed by atoms with Crippen LogP contribution in [-0.2, 0) is 6.42 Å². The topological polar surface area (TPSA) is 88.3 Å². The fourth-order valence-corrected chi connectivity index (χ4v) is 5.29. The second kappa shape index (κ2) is 6.95. The molecule has 1 N–H and O–H groups in total. The maximum Gasteiger partial charge on any atom is 0.261 e. The van der Waals surface area contributed by atoms with Crippen molar-refractivity contribution in [1.29, 1.82) is 0 Å². The SMILES string of the molecule is CC(C)c1noc([C@@H]2CCCN2C(=O)c2ccc3sc4c(c3c2)CCNC4=O)n1. The average molecular weight is 410 g/mol. The van der Waals surface area contributed by atoms with Gasteiger partial charge in [0.05, 0.1) is 4.88 Å². The number of carbonyl (C=O) groups excluding carboxylic acids is 2. The van der Waals surface area contributed by atoms with Crippen molar-refractivity contribution in [3.63, 3.8) is 0 Å². The molecule has 1 aromatic carbocycles. The molecule has 5 rings (SSSR count). The van der Waals surface area contributed by atoms with Gasteiger partial charge in [0.15, 0.2) is 5.82 Å². The van der Waals surface area contributed by atoms with E-state index in [1.165, 1.54) is 11.3 Å². The first-order valence-corrected chi connectivity index (χ1v) is 10.8. The van der Waals surface area contributed by atoms with Crippen LogP contribution in [0.1, 0.15) is 76.0 Å². The van der Waals surface area contributed by atoms with Gasteiger partial charge in [-0.3, -0.25) is 9.59 Å². The van der Waals surface area contributed by atoms with E-state index in [1.807, 2.05) is 36.9 Å². The molecule has 1 fully saturated rings. The highest BCUT2D eigenvalue weighted by Crippen LogP contribution is 2.36. The van der Waals surface area contributed by atoms with Crippen LogP contribution in [0.5, 0.6) is 0 Å². The normalized spacial score (nSPS) is 19.1. The highest BCUT2D eigenvalue weighted by atomic mass is 32.1. The molecule has 2 amide bonds. The van der Waals surface area contributed by atoms with Crippen LogP contribution in [0.15, 0.2) is 22.7 Å². The van der Waals surface area contributed by atoms with Crippen molar-refractivity contribution in [2.45, 2.75) is 45.1 Å². The molecule has 3 aromatic rings. The Morgan fingerprint density at radius 1 is 1.38 bits per heavy atom. The molecule has 0 aliphatic carbocycles. The molecule has 8 heteroatoms. The van der Waals surface area contributed by atoms with Gasteiger partial charge in [-0.25, -0.2) is 0 Å². The molecule has 1 atom stereocenters. The van der Waals surface area contributed by atoms with Gasteiger partial charge in [-0.15, -0.1) is 11.3 Å². The highest BCUT2D eigenvalue weighted by Gasteiger charge is 2.35. The molecule has 7 nitrogen and oxygen atoms in total. The van der Waals surface area contributed by atoms with Crippen LogP contribution in [-0.4, -0.2) is 39.9 Å². The van der Waals surface area contributed by atoms with E-state index < -0.39 is 0 Å². The minimum absolute atomic E-state index is 0.0164. The van der Waals surface area contributed by atoms with Crippen LogP contribution in [0, 0.1) is 0 Å². The third-order valence-electron chi connectivity index (χ3n) is 5.68. The van der Waals surface area contributed by atoms with Crippen molar-refractivity contribution in [3.05, 3.63) is 45.9 Å². The third kappa shape index (κ3) is 3.02. The molecule has 150 valence electrons. The summed E-state index contributed by atoms with van der Waals surface area (Å²) >= 11 is 1.49. The quantitative estimate of drug-likeness (QED) is 0.712. The van der Waals surface area contributed by atoms with Crippen molar-refractivity contribution in [2.75, 3.05) is 13.1 Å². The Morgan fingerprint density at radius 3 is 3.03 bits per heavy atom. The minimum Gasteiger partial charge on any atom is -0.351 e. The van der Waals surface area contributed by atoms with Gasteiger partial charge in [-0.2, -0.15) is 4.98 Å². The lowest BCUT2D eigenvalue weighted by Crippen LogP contribution is -2.31. The lowest BCUT2D eigenvalue weighted by atomic mass is 10.0. The van der Waals surface area contributed by atoms with Crippen LogP contribution in [0.2, 0.25) is 0 Å². The van der Waals surface area contributed by atoms with Gasteiger partial charge < -0.3 is 14.7 Å².